The van der Waals surface area contributed by atoms with Gasteiger partial charge in [-0.1, -0.05) is 27.2 Å². The number of rotatable bonds is 2. The van der Waals surface area contributed by atoms with Crippen molar-refractivity contribution in [2.24, 2.45) is 0 Å². The lowest BCUT2D eigenvalue weighted by atomic mass is 10.1. The van der Waals surface area contributed by atoms with Crippen molar-refractivity contribution in [3.05, 3.63) is 0 Å². The molecule has 0 aromatic heterocycles. The first-order chi connectivity index (χ1) is 3.12. The highest BCUT2D eigenvalue weighted by atomic mass is 28.2. The number of hydrogen-bond donors (Lipinski definition) is 0. The topological polar surface area (TPSA) is 0 Å². The first kappa shape index (κ1) is 7.09. The molecular weight excluding hydrogens is 100 g/mol. The SMILES string of the molecule is C=[SiH]C(C)(C)CC. The molecule has 0 atom stereocenters. The third-order valence-electron chi connectivity index (χ3n) is 1.46. The van der Waals surface area contributed by atoms with Crippen LogP contribution in [0.15, 0.2) is 0 Å². The largest absolute Gasteiger partial charge is 0.121 e. The Morgan fingerprint density at radius 1 is 1.57 bits per heavy atom. The molecule has 0 aliphatic carbocycles. The molecule has 0 unspecified atom stereocenters. The summed E-state index contributed by atoms with van der Waals surface area (Å²) in [6.45, 7) is 6.77. The summed E-state index contributed by atoms with van der Waals surface area (Å²) in [6, 6.07) is 0. The minimum atomic E-state index is 0.413. The Hall–Kier alpha value is 0.0869. The second-order valence-corrected chi connectivity index (χ2v) is 4.52. The first-order valence-corrected chi connectivity index (χ1v) is 4.15. The molecule has 0 radical (unpaired) electrons. The quantitative estimate of drug-likeness (QED) is 0.477. The lowest BCUT2D eigenvalue weighted by Crippen LogP contribution is -2.03. The van der Waals surface area contributed by atoms with Gasteiger partial charge in [-0.15, -0.1) is 6.17 Å². The van der Waals surface area contributed by atoms with E-state index in [0.29, 0.717) is 14.2 Å². The molecule has 0 aromatic rings. The lowest BCUT2D eigenvalue weighted by Gasteiger charge is -2.14. The van der Waals surface area contributed by atoms with Crippen molar-refractivity contribution in [2.45, 2.75) is 32.2 Å². The molecule has 0 nitrogen and oxygen atoms in total. The van der Waals surface area contributed by atoms with Crippen LogP contribution in [0.2, 0.25) is 5.04 Å². The predicted octanol–water partition coefficient (Wildman–Crippen LogP) is 1.46. The maximum absolute atomic E-state index is 3.91. The Balaban J connectivity index is 3.58. The van der Waals surface area contributed by atoms with Crippen molar-refractivity contribution >= 4 is 15.3 Å². The molecule has 0 saturated carbocycles. The summed E-state index contributed by atoms with van der Waals surface area (Å²) in [5.74, 6) is 0. The fourth-order valence-corrected chi connectivity index (χ4v) is 0.433. The van der Waals surface area contributed by atoms with Crippen molar-refractivity contribution in [2.75, 3.05) is 0 Å². The van der Waals surface area contributed by atoms with Crippen LogP contribution in [0.25, 0.3) is 0 Å². The standard InChI is InChI=1S/C6H14Si/c1-5-6(2,3)7-4/h7H,4-5H2,1-3H3. The normalized spacial score (nSPS) is 11.3. The fraction of sp³-hybridized carbons (Fsp3) is 0.833. The highest BCUT2D eigenvalue weighted by molar-refractivity contribution is 6.44. The van der Waals surface area contributed by atoms with E-state index in [-0.39, 0.29) is 0 Å². The summed E-state index contributed by atoms with van der Waals surface area (Å²) in [7, 11) is 0.413. The van der Waals surface area contributed by atoms with Crippen LogP contribution in [-0.4, -0.2) is 15.3 Å². The van der Waals surface area contributed by atoms with Gasteiger partial charge in [-0.05, 0) is 14.2 Å². The zero-order valence-corrected chi connectivity index (χ0v) is 6.65. The molecule has 0 amide bonds. The van der Waals surface area contributed by atoms with Crippen molar-refractivity contribution in [3.63, 3.8) is 0 Å². The predicted molar refractivity (Wildman–Crippen MR) is 38.6 cm³/mol. The van der Waals surface area contributed by atoms with E-state index in [9.17, 15) is 0 Å². The van der Waals surface area contributed by atoms with Crippen LogP contribution in [-0.2, 0) is 0 Å². The Labute approximate surface area is 48.4 Å². The molecule has 0 spiro atoms. The van der Waals surface area contributed by atoms with Crippen LogP contribution in [0.1, 0.15) is 27.2 Å². The highest BCUT2D eigenvalue weighted by Gasteiger charge is 2.07. The minimum absolute atomic E-state index is 0.413. The third-order valence-corrected chi connectivity index (χ3v) is 2.98. The second kappa shape index (κ2) is 2.41. The summed E-state index contributed by atoms with van der Waals surface area (Å²) in [5, 5.41) is 0.556. The molecule has 1 heteroatoms. The van der Waals surface area contributed by atoms with Gasteiger partial charge in [0.05, 0.1) is 0 Å². The summed E-state index contributed by atoms with van der Waals surface area (Å²) >= 11 is 0. The van der Waals surface area contributed by atoms with E-state index in [1.165, 1.54) is 6.42 Å². The van der Waals surface area contributed by atoms with E-state index in [4.69, 9.17) is 0 Å². The van der Waals surface area contributed by atoms with Gasteiger partial charge in [-0.3, -0.25) is 0 Å². The molecule has 0 saturated heterocycles. The minimum Gasteiger partial charge on any atom is -0.121 e. The van der Waals surface area contributed by atoms with Crippen molar-refractivity contribution in [1.29, 1.82) is 0 Å². The maximum Gasteiger partial charge on any atom is -0.00928 e. The van der Waals surface area contributed by atoms with Gasteiger partial charge in [-0.2, -0.15) is 0 Å². The van der Waals surface area contributed by atoms with Crippen LogP contribution >= 0.6 is 0 Å². The molecule has 0 aliphatic heterocycles. The van der Waals surface area contributed by atoms with Gasteiger partial charge in [0.15, 0.2) is 0 Å². The van der Waals surface area contributed by atoms with Crippen LogP contribution in [0.5, 0.6) is 0 Å². The molecule has 42 valence electrons. The molecule has 0 aromatic carbocycles. The van der Waals surface area contributed by atoms with Gasteiger partial charge in [0.2, 0.25) is 0 Å². The molecule has 0 rings (SSSR count). The van der Waals surface area contributed by atoms with Gasteiger partial charge in [0.1, 0.15) is 0 Å². The molecule has 0 fully saturated rings. The van der Waals surface area contributed by atoms with Gasteiger partial charge in [-0.25, -0.2) is 0 Å². The van der Waals surface area contributed by atoms with Crippen molar-refractivity contribution in [3.8, 4) is 0 Å². The van der Waals surface area contributed by atoms with E-state index in [1.807, 2.05) is 0 Å². The molecule has 0 bridgehead atoms. The molecule has 7 heavy (non-hydrogen) atoms. The zero-order chi connectivity index (χ0) is 5.91. The molecule has 0 heterocycles. The van der Waals surface area contributed by atoms with Gasteiger partial charge >= 0.3 is 0 Å². The van der Waals surface area contributed by atoms with Crippen LogP contribution in [0.3, 0.4) is 0 Å². The van der Waals surface area contributed by atoms with Crippen LogP contribution in [0.4, 0.5) is 0 Å². The number of hydrogen-bond acceptors (Lipinski definition) is 0. The Morgan fingerprint density at radius 2 is 2.00 bits per heavy atom. The maximum atomic E-state index is 3.91. The van der Waals surface area contributed by atoms with E-state index in [1.54, 1.807) is 0 Å². The van der Waals surface area contributed by atoms with Crippen molar-refractivity contribution < 1.29 is 0 Å². The smallest absolute Gasteiger partial charge is 0.00928 e. The van der Waals surface area contributed by atoms with Crippen LogP contribution < -0.4 is 0 Å². The third kappa shape index (κ3) is 2.74. The van der Waals surface area contributed by atoms with Gasteiger partial charge < -0.3 is 0 Å². The van der Waals surface area contributed by atoms with E-state index in [0.717, 1.165) is 0 Å². The van der Waals surface area contributed by atoms with E-state index in [2.05, 4.69) is 26.9 Å². The molecular formula is C6H14Si. The summed E-state index contributed by atoms with van der Waals surface area (Å²) in [4.78, 5) is 0. The zero-order valence-electron chi connectivity index (χ0n) is 5.49. The highest BCUT2D eigenvalue weighted by Crippen LogP contribution is 2.22. The summed E-state index contributed by atoms with van der Waals surface area (Å²) in [6.07, 6.45) is 5.18. The molecule has 0 aliphatic rings. The summed E-state index contributed by atoms with van der Waals surface area (Å²) in [5.41, 5.74) is 0. The van der Waals surface area contributed by atoms with Crippen molar-refractivity contribution in [1.82, 2.24) is 0 Å². The first-order valence-electron chi connectivity index (χ1n) is 2.76. The average Bonchev–Trinajstić information content (AvgIpc) is 1.68. The Morgan fingerprint density at radius 3 is 2.00 bits per heavy atom. The molecule has 0 N–H and O–H groups in total. The fourth-order valence-electron chi connectivity index (χ4n) is 0.144. The lowest BCUT2D eigenvalue weighted by molar-refractivity contribution is 0.652. The Kier molecular flexibility index (Phi) is 2.44. The van der Waals surface area contributed by atoms with E-state index >= 15 is 0 Å². The van der Waals surface area contributed by atoms with Crippen LogP contribution in [0, 0.1) is 0 Å². The van der Waals surface area contributed by atoms with Gasteiger partial charge in [0, 0.05) is 0 Å². The Bertz CT molecular complexity index is 64.6. The van der Waals surface area contributed by atoms with E-state index < -0.39 is 0 Å². The average molecular weight is 114 g/mol. The summed E-state index contributed by atoms with van der Waals surface area (Å²) < 4.78 is 0. The monoisotopic (exact) mass is 114 g/mol. The van der Waals surface area contributed by atoms with Gasteiger partial charge in [0.25, 0.3) is 0 Å². The second-order valence-electron chi connectivity index (χ2n) is 2.55.